The summed E-state index contributed by atoms with van der Waals surface area (Å²) in [6.45, 7) is 3.66. The van der Waals surface area contributed by atoms with Crippen LogP contribution >= 0.6 is 11.8 Å². The summed E-state index contributed by atoms with van der Waals surface area (Å²) >= 11 is 1.23. The molecule has 0 fully saturated rings. The first kappa shape index (κ1) is 20.9. The van der Waals surface area contributed by atoms with Gasteiger partial charge in [-0.1, -0.05) is 54.2 Å². The number of hydrogen-bond acceptors (Lipinski definition) is 5. The predicted octanol–water partition coefficient (Wildman–Crippen LogP) is 4.62. The van der Waals surface area contributed by atoms with Crippen LogP contribution in [0.2, 0.25) is 0 Å². The van der Waals surface area contributed by atoms with Crippen LogP contribution in [0.3, 0.4) is 0 Å². The molecule has 7 heteroatoms. The maximum absolute atomic E-state index is 13.4. The minimum atomic E-state index is -3.91. The molecule has 0 N–H and O–H groups in total. The van der Waals surface area contributed by atoms with Crippen molar-refractivity contribution < 1.29 is 16.8 Å². The van der Waals surface area contributed by atoms with Gasteiger partial charge in [0.1, 0.15) is 0 Å². The second-order valence-electron chi connectivity index (χ2n) is 6.53. The maximum atomic E-state index is 13.4. The van der Waals surface area contributed by atoms with E-state index in [0.717, 1.165) is 4.90 Å². The van der Waals surface area contributed by atoms with E-state index in [9.17, 15) is 16.8 Å². The number of thioether (sulfide) groups is 1. The van der Waals surface area contributed by atoms with Gasteiger partial charge in [0, 0.05) is 9.80 Å². The Hall–Kier alpha value is -1.83. The first-order valence-corrected chi connectivity index (χ1v) is 13.0. The molecule has 28 heavy (non-hydrogen) atoms. The molecule has 0 bridgehead atoms. The Balaban J connectivity index is 2.11. The van der Waals surface area contributed by atoms with Crippen molar-refractivity contribution in [3.8, 4) is 0 Å². The summed E-state index contributed by atoms with van der Waals surface area (Å²) in [5, 5.41) is -1.01. The Morgan fingerprint density at radius 3 is 2.25 bits per heavy atom. The Kier molecular flexibility index (Phi) is 6.47. The quantitative estimate of drug-likeness (QED) is 0.448. The predicted molar refractivity (Wildman–Crippen MR) is 115 cm³/mol. The van der Waals surface area contributed by atoms with Crippen molar-refractivity contribution >= 4 is 31.4 Å². The third-order valence-electron chi connectivity index (χ3n) is 4.53. The van der Waals surface area contributed by atoms with E-state index in [2.05, 4.69) is 6.58 Å². The van der Waals surface area contributed by atoms with Crippen LogP contribution in [0.15, 0.2) is 92.9 Å². The number of rotatable bonds is 8. The fourth-order valence-electron chi connectivity index (χ4n) is 3.22. The maximum Gasteiger partial charge on any atom is 0.204 e. The first-order chi connectivity index (χ1) is 13.4. The van der Waals surface area contributed by atoms with Crippen LogP contribution in [-0.2, 0) is 19.7 Å². The van der Waals surface area contributed by atoms with Gasteiger partial charge in [-0.15, -0.1) is 6.58 Å². The third kappa shape index (κ3) is 4.42. The van der Waals surface area contributed by atoms with E-state index in [4.69, 9.17) is 0 Å². The van der Waals surface area contributed by atoms with Gasteiger partial charge in [0.25, 0.3) is 0 Å². The average molecular weight is 435 g/mol. The lowest BCUT2D eigenvalue weighted by Crippen LogP contribution is -2.23. The third-order valence-corrected chi connectivity index (χ3v) is 10.1. The standard InChI is InChI=1S/C21H22O4S3/c1-2-3-6-15-20-21(28(24,25)18-13-9-5-10-14-18)19(16-27(20,22)23)26-17-11-7-4-8-12-17/h2,4-5,7-14,20H,1,3,6,15-16H2. The number of allylic oxidation sites excluding steroid dienone is 1. The van der Waals surface area contributed by atoms with E-state index in [1.807, 2.05) is 30.3 Å². The molecule has 0 radical (unpaired) electrons. The lowest BCUT2D eigenvalue weighted by Gasteiger charge is -2.15. The largest absolute Gasteiger partial charge is 0.228 e. The Morgan fingerprint density at radius 1 is 1.04 bits per heavy atom. The molecule has 148 valence electrons. The molecule has 1 unspecified atom stereocenters. The van der Waals surface area contributed by atoms with E-state index in [1.165, 1.54) is 23.9 Å². The van der Waals surface area contributed by atoms with Crippen molar-refractivity contribution in [2.45, 2.75) is 34.3 Å². The molecular formula is C21H22O4S3. The summed E-state index contributed by atoms with van der Waals surface area (Å²) < 4.78 is 52.6. The fourth-order valence-corrected chi connectivity index (χ4v) is 9.53. The van der Waals surface area contributed by atoms with Crippen LogP contribution < -0.4 is 0 Å². The zero-order valence-electron chi connectivity index (χ0n) is 15.3. The van der Waals surface area contributed by atoms with Crippen LogP contribution in [0, 0.1) is 0 Å². The normalized spacial score (nSPS) is 18.9. The van der Waals surface area contributed by atoms with Crippen molar-refractivity contribution in [2.75, 3.05) is 5.75 Å². The Bertz CT molecular complexity index is 1070. The summed E-state index contributed by atoms with van der Waals surface area (Å²) in [7, 11) is -7.50. The van der Waals surface area contributed by atoms with Gasteiger partial charge in [-0.25, -0.2) is 16.8 Å². The van der Waals surface area contributed by atoms with Crippen molar-refractivity contribution in [3.05, 3.63) is 83.1 Å². The summed E-state index contributed by atoms with van der Waals surface area (Å²) in [6, 6.07) is 17.3. The van der Waals surface area contributed by atoms with Crippen molar-refractivity contribution in [1.29, 1.82) is 0 Å². The highest BCUT2D eigenvalue weighted by atomic mass is 32.2. The fraction of sp³-hybridized carbons (Fsp3) is 0.238. The van der Waals surface area contributed by atoms with Gasteiger partial charge in [-0.3, -0.25) is 0 Å². The first-order valence-electron chi connectivity index (χ1n) is 8.95. The van der Waals surface area contributed by atoms with Crippen molar-refractivity contribution in [3.63, 3.8) is 0 Å². The molecule has 0 saturated heterocycles. The van der Waals surface area contributed by atoms with Crippen LogP contribution in [0.4, 0.5) is 0 Å². The van der Waals surface area contributed by atoms with Gasteiger partial charge in [0.05, 0.1) is 20.8 Å². The molecule has 3 rings (SSSR count). The summed E-state index contributed by atoms with van der Waals surface area (Å²) in [5.41, 5.74) is 0. The zero-order chi connectivity index (χ0) is 20.2. The number of unbranched alkanes of at least 4 members (excludes halogenated alkanes) is 1. The highest BCUT2D eigenvalue weighted by Gasteiger charge is 2.45. The molecule has 1 heterocycles. The summed E-state index contributed by atoms with van der Waals surface area (Å²) in [5.74, 6) is -0.243. The molecule has 1 aliphatic heterocycles. The van der Waals surface area contributed by atoms with E-state index in [1.54, 1.807) is 24.3 Å². The number of hydrogen-bond donors (Lipinski definition) is 0. The topological polar surface area (TPSA) is 68.3 Å². The lowest BCUT2D eigenvalue weighted by molar-refractivity contribution is 0.579. The van der Waals surface area contributed by atoms with Crippen molar-refractivity contribution in [2.24, 2.45) is 0 Å². The molecule has 2 aromatic carbocycles. The lowest BCUT2D eigenvalue weighted by atomic mass is 10.2. The van der Waals surface area contributed by atoms with Crippen molar-refractivity contribution in [1.82, 2.24) is 0 Å². The second kappa shape index (κ2) is 8.68. The van der Waals surface area contributed by atoms with E-state index >= 15 is 0 Å². The van der Waals surface area contributed by atoms with Crippen LogP contribution in [0.5, 0.6) is 0 Å². The Morgan fingerprint density at radius 2 is 1.64 bits per heavy atom. The molecule has 0 amide bonds. The number of benzene rings is 2. The number of sulfone groups is 2. The van der Waals surface area contributed by atoms with E-state index in [-0.39, 0.29) is 22.0 Å². The summed E-state index contributed by atoms with van der Waals surface area (Å²) in [6.07, 6.45) is 3.21. The smallest absolute Gasteiger partial charge is 0.204 e. The van der Waals surface area contributed by atoms with Gasteiger partial charge >= 0.3 is 0 Å². The Labute approximate surface area is 171 Å². The molecule has 1 atom stereocenters. The highest BCUT2D eigenvalue weighted by Crippen LogP contribution is 2.44. The monoisotopic (exact) mass is 434 g/mol. The average Bonchev–Trinajstić information content (AvgIpc) is 2.93. The molecule has 1 aliphatic rings. The van der Waals surface area contributed by atoms with Gasteiger partial charge in [0.15, 0.2) is 9.84 Å². The second-order valence-corrected chi connectivity index (χ2v) is 11.8. The molecule has 0 aromatic heterocycles. The van der Waals surface area contributed by atoms with Gasteiger partial charge < -0.3 is 0 Å². The molecular weight excluding hydrogens is 412 g/mol. The summed E-state index contributed by atoms with van der Waals surface area (Å²) in [4.78, 5) is 1.39. The van der Waals surface area contributed by atoms with Crippen LogP contribution in [0.25, 0.3) is 0 Å². The zero-order valence-corrected chi connectivity index (χ0v) is 17.8. The molecule has 0 saturated carbocycles. The van der Waals surface area contributed by atoms with Crippen LogP contribution in [-0.4, -0.2) is 27.8 Å². The van der Waals surface area contributed by atoms with E-state index in [0.29, 0.717) is 17.7 Å². The van der Waals surface area contributed by atoms with Crippen LogP contribution in [0.1, 0.15) is 19.3 Å². The molecule has 4 nitrogen and oxygen atoms in total. The minimum absolute atomic E-state index is 0.0385. The highest BCUT2D eigenvalue weighted by molar-refractivity contribution is 8.07. The van der Waals surface area contributed by atoms with E-state index < -0.39 is 24.9 Å². The van der Waals surface area contributed by atoms with Gasteiger partial charge in [-0.05, 0) is 43.5 Å². The molecule has 0 aliphatic carbocycles. The van der Waals surface area contributed by atoms with Gasteiger partial charge in [-0.2, -0.15) is 0 Å². The SMILES string of the molecule is C=CCCCC1C(S(=O)(=O)c2ccccc2)=C(Sc2ccccc2)CS1(=O)=O. The minimum Gasteiger partial charge on any atom is -0.228 e. The van der Waals surface area contributed by atoms with Gasteiger partial charge in [0.2, 0.25) is 9.84 Å². The molecule has 0 spiro atoms. The molecule has 2 aromatic rings.